The molecule has 2 aromatic rings. The van der Waals surface area contributed by atoms with Gasteiger partial charge in [-0.05, 0) is 47.9 Å². The molecular formula is C17H18O. The summed E-state index contributed by atoms with van der Waals surface area (Å²) in [5.74, 6) is 0.158. The minimum atomic E-state index is -0.780. The molecule has 0 saturated heterocycles. The standard InChI is InChI=1S/C17H18O/c1-11-8-15-9-13-6-4-5-7-14(13)10-16(15)17(3,18)12(11)2/h4-10,12,18H,1-3H3. The predicted molar refractivity (Wildman–Crippen MR) is 76.3 cm³/mol. The second kappa shape index (κ2) is 3.69. The highest BCUT2D eigenvalue weighted by molar-refractivity contribution is 5.87. The minimum Gasteiger partial charge on any atom is -0.385 e. The fourth-order valence-corrected chi connectivity index (χ4v) is 2.86. The highest BCUT2D eigenvalue weighted by Gasteiger charge is 2.36. The van der Waals surface area contributed by atoms with Gasteiger partial charge in [-0.25, -0.2) is 0 Å². The average molecular weight is 238 g/mol. The number of hydrogen-bond acceptors (Lipinski definition) is 1. The maximum atomic E-state index is 10.8. The minimum absolute atomic E-state index is 0.158. The van der Waals surface area contributed by atoms with Gasteiger partial charge in [0, 0.05) is 5.92 Å². The maximum absolute atomic E-state index is 10.8. The van der Waals surface area contributed by atoms with E-state index in [1.54, 1.807) is 0 Å². The molecule has 2 aromatic carbocycles. The zero-order chi connectivity index (χ0) is 12.9. The number of aliphatic hydroxyl groups is 1. The summed E-state index contributed by atoms with van der Waals surface area (Å²) < 4.78 is 0. The van der Waals surface area contributed by atoms with E-state index in [0.717, 1.165) is 11.1 Å². The molecule has 2 unspecified atom stereocenters. The van der Waals surface area contributed by atoms with Crippen molar-refractivity contribution in [3.05, 3.63) is 53.1 Å². The molecule has 18 heavy (non-hydrogen) atoms. The van der Waals surface area contributed by atoms with Crippen molar-refractivity contribution in [2.75, 3.05) is 0 Å². The second-order valence-corrected chi connectivity index (χ2v) is 5.54. The van der Waals surface area contributed by atoms with E-state index in [1.165, 1.54) is 16.3 Å². The molecule has 92 valence electrons. The smallest absolute Gasteiger partial charge is 0.0936 e. The number of fused-ring (bicyclic) bond motifs is 2. The van der Waals surface area contributed by atoms with Crippen molar-refractivity contribution in [2.45, 2.75) is 26.4 Å². The first-order chi connectivity index (χ1) is 8.50. The van der Waals surface area contributed by atoms with E-state index in [-0.39, 0.29) is 5.92 Å². The quantitative estimate of drug-likeness (QED) is 0.732. The average Bonchev–Trinajstić information content (AvgIpc) is 2.35. The van der Waals surface area contributed by atoms with Crippen LogP contribution in [0.15, 0.2) is 42.0 Å². The third-order valence-corrected chi connectivity index (χ3v) is 4.37. The first kappa shape index (κ1) is 11.5. The Balaban J connectivity index is 2.35. The van der Waals surface area contributed by atoms with Crippen molar-refractivity contribution < 1.29 is 5.11 Å². The van der Waals surface area contributed by atoms with Crippen LogP contribution in [0.2, 0.25) is 0 Å². The van der Waals surface area contributed by atoms with Gasteiger partial charge in [-0.2, -0.15) is 0 Å². The number of rotatable bonds is 0. The molecule has 1 heteroatoms. The first-order valence-electron chi connectivity index (χ1n) is 6.44. The van der Waals surface area contributed by atoms with Gasteiger partial charge in [-0.15, -0.1) is 0 Å². The summed E-state index contributed by atoms with van der Waals surface area (Å²) >= 11 is 0. The number of hydrogen-bond donors (Lipinski definition) is 1. The summed E-state index contributed by atoms with van der Waals surface area (Å²) in [7, 11) is 0. The summed E-state index contributed by atoms with van der Waals surface area (Å²) in [4.78, 5) is 0. The number of benzene rings is 2. The van der Waals surface area contributed by atoms with Crippen molar-refractivity contribution in [1.29, 1.82) is 0 Å². The van der Waals surface area contributed by atoms with Gasteiger partial charge in [0.05, 0.1) is 5.60 Å². The van der Waals surface area contributed by atoms with Crippen LogP contribution >= 0.6 is 0 Å². The molecule has 0 radical (unpaired) electrons. The lowest BCUT2D eigenvalue weighted by Crippen LogP contribution is -2.33. The molecule has 0 aliphatic heterocycles. The highest BCUT2D eigenvalue weighted by atomic mass is 16.3. The van der Waals surface area contributed by atoms with E-state index in [1.807, 2.05) is 13.0 Å². The van der Waals surface area contributed by atoms with Gasteiger partial charge >= 0.3 is 0 Å². The van der Waals surface area contributed by atoms with Crippen molar-refractivity contribution >= 4 is 16.8 Å². The van der Waals surface area contributed by atoms with E-state index < -0.39 is 5.60 Å². The van der Waals surface area contributed by atoms with Crippen LogP contribution in [0.25, 0.3) is 16.8 Å². The molecule has 0 spiro atoms. The lowest BCUT2D eigenvalue weighted by molar-refractivity contribution is 0.0146. The SMILES string of the molecule is CC1=Cc2cc3ccccc3cc2C(C)(O)C1C. The molecule has 1 nitrogen and oxygen atoms in total. The zero-order valence-corrected chi connectivity index (χ0v) is 11.1. The van der Waals surface area contributed by atoms with Gasteiger partial charge in [0.25, 0.3) is 0 Å². The van der Waals surface area contributed by atoms with Crippen LogP contribution in [-0.2, 0) is 5.60 Å². The monoisotopic (exact) mass is 238 g/mol. The molecule has 0 saturated carbocycles. The summed E-state index contributed by atoms with van der Waals surface area (Å²) in [6.07, 6.45) is 2.20. The molecule has 0 aromatic heterocycles. The van der Waals surface area contributed by atoms with Crippen molar-refractivity contribution in [2.24, 2.45) is 5.92 Å². The van der Waals surface area contributed by atoms with E-state index in [9.17, 15) is 5.11 Å². The van der Waals surface area contributed by atoms with Gasteiger partial charge in [0.15, 0.2) is 0 Å². The van der Waals surface area contributed by atoms with E-state index in [0.29, 0.717) is 0 Å². The molecule has 0 bridgehead atoms. The van der Waals surface area contributed by atoms with Crippen molar-refractivity contribution in [1.82, 2.24) is 0 Å². The first-order valence-corrected chi connectivity index (χ1v) is 6.44. The van der Waals surface area contributed by atoms with Crippen LogP contribution in [0.1, 0.15) is 31.9 Å². The summed E-state index contributed by atoms with van der Waals surface area (Å²) in [5, 5.41) is 13.2. The molecule has 0 amide bonds. The topological polar surface area (TPSA) is 20.2 Å². The molecular weight excluding hydrogens is 220 g/mol. The van der Waals surface area contributed by atoms with E-state index in [2.05, 4.69) is 50.3 Å². The Bertz CT molecular complexity index is 650. The molecule has 1 aliphatic carbocycles. The van der Waals surface area contributed by atoms with E-state index >= 15 is 0 Å². The lowest BCUT2D eigenvalue weighted by Gasteiger charge is -2.36. The Hall–Kier alpha value is -1.60. The van der Waals surface area contributed by atoms with Gasteiger partial charge in [0.2, 0.25) is 0 Å². The van der Waals surface area contributed by atoms with E-state index in [4.69, 9.17) is 0 Å². The Morgan fingerprint density at radius 3 is 2.39 bits per heavy atom. The van der Waals surface area contributed by atoms with Gasteiger partial charge in [-0.3, -0.25) is 0 Å². The van der Waals surface area contributed by atoms with Crippen molar-refractivity contribution in [3.63, 3.8) is 0 Å². The van der Waals surface area contributed by atoms with Gasteiger partial charge < -0.3 is 5.11 Å². The molecule has 1 N–H and O–H groups in total. The fraction of sp³-hybridized carbons (Fsp3) is 0.294. The lowest BCUT2D eigenvalue weighted by atomic mass is 9.73. The normalized spacial score (nSPS) is 26.9. The maximum Gasteiger partial charge on any atom is 0.0936 e. The highest BCUT2D eigenvalue weighted by Crippen LogP contribution is 2.42. The Morgan fingerprint density at radius 2 is 1.72 bits per heavy atom. The van der Waals surface area contributed by atoms with Crippen LogP contribution in [0.3, 0.4) is 0 Å². The Kier molecular flexibility index (Phi) is 2.36. The molecule has 1 aliphatic rings. The predicted octanol–water partition coefficient (Wildman–Crippen LogP) is 4.10. The molecule has 3 rings (SSSR count). The van der Waals surface area contributed by atoms with Crippen LogP contribution in [0.5, 0.6) is 0 Å². The molecule has 0 fully saturated rings. The second-order valence-electron chi connectivity index (χ2n) is 5.54. The third-order valence-electron chi connectivity index (χ3n) is 4.37. The summed E-state index contributed by atoms with van der Waals surface area (Å²) in [6, 6.07) is 12.6. The van der Waals surface area contributed by atoms with Crippen LogP contribution in [-0.4, -0.2) is 5.11 Å². The van der Waals surface area contributed by atoms with Crippen LogP contribution in [0, 0.1) is 5.92 Å². The van der Waals surface area contributed by atoms with Crippen LogP contribution in [0.4, 0.5) is 0 Å². The fourth-order valence-electron chi connectivity index (χ4n) is 2.86. The third kappa shape index (κ3) is 1.51. The van der Waals surface area contributed by atoms with Crippen LogP contribution < -0.4 is 0 Å². The molecule has 0 heterocycles. The summed E-state index contributed by atoms with van der Waals surface area (Å²) in [5.41, 5.74) is 2.65. The summed E-state index contributed by atoms with van der Waals surface area (Å²) in [6.45, 7) is 6.10. The van der Waals surface area contributed by atoms with Gasteiger partial charge in [-0.1, -0.05) is 42.8 Å². The Morgan fingerprint density at radius 1 is 1.11 bits per heavy atom. The van der Waals surface area contributed by atoms with Gasteiger partial charge in [0.1, 0.15) is 0 Å². The largest absolute Gasteiger partial charge is 0.385 e. The molecule has 2 atom stereocenters. The Labute approximate surface area is 108 Å². The zero-order valence-electron chi connectivity index (χ0n) is 11.1. The van der Waals surface area contributed by atoms with Crippen molar-refractivity contribution in [3.8, 4) is 0 Å².